The highest BCUT2D eigenvalue weighted by Gasteiger charge is 2.13. The molecule has 0 saturated carbocycles. The maximum Gasteiger partial charge on any atom is 0.305 e. The predicted octanol–water partition coefficient (Wildman–Crippen LogP) is 1.69. The molecule has 84 valence electrons. The molecule has 2 aromatic heterocycles. The Morgan fingerprint density at radius 3 is 3.06 bits per heavy atom. The smallest absolute Gasteiger partial charge is 0.305 e. The van der Waals surface area contributed by atoms with E-state index in [-0.39, 0.29) is 6.42 Å². The summed E-state index contributed by atoms with van der Waals surface area (Å²) in [6.07, 6.45) is 1.41. The van der Waals surface area contributed by atoms with Crippen molar-refractivity contribution in [1.29, 1.82) is 0 Å². The Kier molecular flexibility index (Phi) is 2.80. The number of aliphatic carboxylic acids is 1. The summed E-state index contributed by atoms with van der Waals surface area (Å²) >= 11 is 5.78. The van der Waals surface area contributed by atoms with Gasteiger partial charge < -0.3 is 15.8 Å². The zero-order valence-corrected chi connectivity index (χ0v) is 9.03. The third kappa shape index (κ3) is 2.15. The first-order chi connectivity index (χ1) is 7.56. The number of rotatable bonds is 3. The number of carbonyl (C=O) groups is 1. The summed E-state index contributed by atoms with van der Waals surface area (Å²) in [5, 5.41) is 9.15. The van der Waals surface area contributed by atoms with Gasteiger partial charge in [0.15, 0.2) is 0 Å². The van der Waals surface area contributed by atoms with Crippen LogP contribution in [0.25, 0.3) is 11.0 Å². The van der Waals surface area contributed by atoms with Gasteiger partial charge in [-0.25, -0.2) is 0 Å². The monoisotopic (exact) mass is 239 g/mol. The standard InChI is InChI=1S/C10H10ClN3O2/c11-5-1-9-8(13-4-5)3-7(14-9)6(12)2-10(15)16/h1,3-4,6,14H,2,12H2,(H,15,16). The van der Waals surface area contributed by atoms with Crippen LogP contribution in [0.2, 0.25) is 5.02 Å². The number of hydrogen-bond donors (Lipinski definition) is 3. The molecule has 4 N–H and O–H groups in total. The zero-order chi connectivity index (χ0) is 11.7. The second-order valence-electron chi connectivity index (χ2n) is 3.52. The summed E-state index contributed by atoms with van der Waals surface area (Å²) in [7, 11) is 0. The van der Waals surface area contributed by atoms with Crippen molar-refractivity contribution in [2.45, 2.75) is 12.5 Å². The molecule has 1 atom stereocenters. The van der Waals surface area contributed by atoms with E-state index < -0.39 is 12.0 Å². The van der Waals surface area contributed by atoms with E-state index in [2.05, 4.69) is 9.97 Å². The fraction of sp³-hybridized carbons (Fsp3) is 0.200. The van der Waals surface area contributed by atoms with Crippen LogP contribution in [0.15, 0.2) is 18.3 Å². The lowest BCUT2D eigenvalue weighted by Crippen LogP contribution is -2.15. The number of halogens is 1. The van der Waals surface area contributed by atoms with Crippen LogP contribution < -0.4 is 5.73 Å². The molecule has 0 amide bonds. The number of fused-ring (bicyclic) bond motifs is 1. The van der Waals surface area contributed by atoms with Crippen LogP contribution in [-0.2, 0) is 4.79 Å². The van der Waals surface area contributed by atoms with Crippen molar-refractivity contribution in [1.82, 2.24) is 9.97 Å². The number of nitrogens with one attached hydrogen (secondary N) is 1. The third-order valence-corrected chi connectivity index (χ3v) is 2.46. The Morgan fingerprint density at radius 1 is 1.62 bits per heavy atom. The second-order valence-corrected chi connectivity index (χ2v) is 3.95. The molecule has 0 fully saturated rings. The molecular formula is C10H10ClN3O2. The van der Waals surface area contributed by atoms with Gasteiger partial charge in [0.25, 0.3) is 0 Å². The number of nitrogens with two attached hydrogens (primary N) is 1. The molecule has 0 aliphatic carbocycles. The molecular weight excluding hydrogens is 230 g/mol. The number of carboxylic acids is 1. The maximum atomic E-state index is 10.5. The molecule has 2 aromatic rings. The van der Waals surface area contributed by atoms with E-state index in [4.69, 9.17) is 22.4 Å². The average Bonchev–Trinajstić information content (AvgIpc) is 2.59. The summed E-state index contributed by atoms with van der Waals surface area (Å²) in [6.45, 7) is 0. The maximum absolute atomic E-state index is 10.5. The van der Waals surface area contributed by atoms with Gasteiger partial charge in [0, 0.05) is 11.9 Å². The Labute approximate surface area is 96.2 Å². The first-order valence-electron chi connectivity index (χ1n) is 4.68. The highest BCUT2D eigenvalue weighted by atomic mass is 35.5. The first-order valence-corrected chi connectivity index (χ1v) is 5.05. The van der Waals surface area contributed by atoms with E-state index in [9.17, 15) is 4.79 Å². The minimum Gasteiger partial charge on any atom is -0.481 e. The lowest BCUT2D eigenvalue weighted by molar-refractivity contribution is -0.137. The van der Waals surface area contributed by atoms with E-state index >= 15 is 0 Å². The van der Waals surface area contributed by atoms with E-state index in [0.29, 0.717) is 10.7 Å². The van der Waals surface area contributed by atoms with Gasteiger partial charge in [-0.1, -0.05) is 11.6 Å². The molecule has 0 spiro atoms. The van der Waals surface area contributed by atoms with Crippen LogP contribution in [0.1, 0.15) is 18.2 Å². The largest absolute Gasteiger partial charge is 0.481 e. The van der Waals surface area contributed by atoms with Gasteiger partial charge in [0.1, 0.15) is 0 Å². The Morgan fingerprint density at radius 2 is 2.38 bits per heavy atom. The van der Waals surface area contributed by atoms with Crippen molar-refractivity contribution in [3.63, 3.8) is 0 Å². The van der Waals surface area contributed by atoms with Gasteiger partial charge in [-0.3, -0.25) is 9.78 Å². The third-order valence-electron chi connectivity index (χ3n) is 2.25. The number of carboxylic acid groups (broad SMARTS) is 1. The fourth-order valence-corrected chi connectivity index (χ4v) is 1.66. The van der Waals surface area contributed by atoms with Crippen LogP contribution >= 0.6 is 11.6 Å². The van der Waals surface area contributed by atoms with E-state index in [1.165, 1.54) is 6.20 Å². The number of hydrogen-bond acceptors (Lipinski definition) is 3. The lowest BCUT2D eigenvalue weighted by atomic mass is 10.1. The molecule has 0 saturated heterocycles. The van der Waals surface area contributed by atoms with Crippen molar-refractivity contribution >= 4 is 28.6 Å². The molecule has 0 aliphatic heterocycles. The SMILES string of the molecule is NC(CC(=O)O)c1cc2ncc(Cl)cc2[nH]1. The van der Waals surface area contributed by atoms with Gasteiger partial charge >= 0.3 is 5.97 Å². The fourth-order valence-electron chi connectivity index (χ4n) is 1.50. The molecule has 0 bridgehead atoms. The van der Waals surface area contributed by atoms with Gasteiger partial charge in [0.05, 0.1) is 28.5 Å². The molecule has 16 heavy (non-hydrogen) atoms. The topological polar surface area (TPSA) is 92.0 Å². The molecule has 1 unspecified atom stereocenters. The summed E-state index contributed by atoms with van der Waals surface area (Å²) in [4.78, 5) is 17.6. The summed E-state index contributed by atoms with van der Waals surface area (Å²) in [5.41, 5.74) is 7.85. The summed E-state index contributed by atoms with van der Waals surface area (Å²) < 4.78 is 0. The Balaban J connectivity index is 2.35. The van der Waals surface area contributed by atoms with Crippen LogP contribution in [0, 0.1) is 0 Å². The number of H-pyrrole nitrogens is 1. The molecule has 2 rings (SSSR count). The van der Waals surface area contributed by atoms with Crippen molar-refractivity contribution in [3.8, 4) is 0 Å². The second kappa shape index (κ2) is 4.11. The highest BCUT2D eigenvalue weighted by Crippen LogP contribution is 2.21. The van der Waals surface area contributed by atoms with Crippen molar-refractivity contribution in [3.05, 3.63) is 29.0 Å². The van der Waals surface area contributed by atoms with Crippen LogP contribution in [0.4, 0.5) is 0 Å². The minimum absolute atomic E-state index is 0.124. The van der Waals surface area contributed by atoms with Crippen molar-refractivity contribution in [2.75, 3.05) is 0 Å². The molecule has 0 aromatic carbocycles. The van der Waals surface area contributed by atoms with Gasteiger partial charge in [-0.2, -0.15) is 0 Å². The molecule has 6 heteroatoms. The normalized spacial score (nSPS) is 12.9. The Bertz CT molecular complexity index is 538. The van der Waals surface area contributed by atoms with E-state index in [1.54, 1.807) is 12.1 Å². The number of aromatic nitrogens is 2. The van der Waals surface area contributed by atoms with E-state index in [1.807, 2.05) is 0 Å². The number of aromatic amines is 1. The molecule has 2 heterocycles. The van der Waals surface area contributed by atoms with Gasteiger partial charge in [0.2, 0.25) is 0 Å². The van der Waals surface area contributed by atoms with Crippen LogP contribution in [0.3, 0.4) is 0 Å². The summed E-state index contributed by atoms with van der Waals surface area (Å²) in [5.74, 6) is -0.933. The highest BCUT2D eigenvalue weighted by molar-refractivity contribution is 6.31. The molecule has 0 aliphatic rings. The first kappa shape index (κ1) is 10.9. The van der Waals surface area contributed by atoms with Gasteiger partial charge in [-0.05, 0) is 12.1 Å². The minimum atomic E-state index is -0.933. The van der Waals surface area contributed by atoms with E-state index in [0.717, 1.165) is 11.0 Å². The quantitative estimate of drug-likeness (QED) is 0.760. The Hall–Kier alpha value is -1.59. The van der Waals surface area contributed by atoms with Crippen molar-refractivity contribution < 1.29 is 9.90 Å². The lowest BCUT2D eigenvalue weighted by Gasteiger charge is -2.04. The van der Waals surface area contributed by atoms with Crippen LogP contribution in [0.5, 0.6) is 0 Å². The van der Waals surface area contributed by atoms with Gasteiger partial charge in [-0.15, -0.1) is 0 Å². The number of pyridine rings is 1. The number of nitrogens with zero attached hydrogens (tertiary/aromatic N) is 1. The summed E-state index contributed by atoms with van der Waals surface area (Å²) in [6, 6.07) is 2.89. The zero-order valence-electron chi connectivity index (χ0n) is 8.27. The molecule has 5 nitrogen and oxygen atoms in total. The average molecular weight is 240 g/mol. The predicted molar refractivity (Wildman–Crippen MR) is 60.3 cm³/mol. The molecule has 0 radical (unpaired) electrons. The van der Waals surface area contributed by atoms with Crippen LogP contribution in [-0.4, -0.2) is 21.0 Å². The van der Waals surface area contributed by atoms with Crippen molar-refractivity contribution in [2.24, 2.45) is 5.73 Å².